The third-order valence-corrected chi connectivity index (χ3v) is 6.82. The number of carbonyl (C=O) groups excluding carboxylic acids is 2. The van der Waals surface area contributed by atoms with Gasteiger partial charge in [-0.1, -0.05) is 74.7 Å². The van der Waals surface area contributed by atoms with Crippen LogP contribution in [0.2, 0.25) is 0 Å². The quantitative estimate of drug-likeness (QED) is 0.443. The van der Waals surface area contributed by atoms with Crippen LogP contribution in [0.4, 0.5) is 5.82 Å². The number of nitrogens with one attached hydrogen (secondary N) is 1. The number of aryl methyl sites for hydroxylation is 2. The molecule has 1 saturated carbocycles. The van der Waals surface area contributed by atoms with E-state index in [1.165, 1.54) is 6.42 Å². The van der Waals surface area contributed by atoms with Gasteiger partial charge in [0.1, 0.15) is 5.82 Å². The third-order valence-electron chi connectivity index (χ3n) is 6.82. The lowest BCUT2D eigenvalue weighted by Crippen LogP contribution is -2.42. The summed E-state index contributed by atoms with van der Waals surface area (Å²) in [5, 5.41) is 7.96. The maximum atomic E-state index is 13.4. The Hall–Kier alpha value is -3.41. The van der Waals surface area contributed by atoms with Crippen LogP contribution in [0.1, 0.15) is 56.7 Å². The van der Waals surface area contributed by atoms with Crippen LogP contribution in [0, 0.1) is 19.8 Å². The summed E-state index contributed by atoms with van der Waals surface area (Å²) < 4.78 is 1.82. The van der Waals surface area contributed by atoms with Gasteiger partial charge < -0.3 is 10.2 Å². The first-order valence-electron chi connectivity index (χ1n) is 12.8. The van der Waals surface area contributed by atoms with E-state index in [9.17, 15) is 9.59 Å². The van der Waals surface area contributed by atoms with E-state index in [0.717, 1.165) is 60.2 Å². The molecule has 2 amide bonds. The second-order valence-corrected chi connectivity index (χ2v) is 9.52. The van der Waals surface area contributed by atoms with Crippen LogP contribution in [0.3, 0.4) is 0 Å². The summed E-state index contributed by atoms with van der Waals surface area (Å²) in [5.41, 5.74) is 4.69. The van der Waals surface area contributed by atoms with Crippen molar-refractivity contribution >= 4 is 17.6 Å². The number of benzene rings is 2. The van der Waals surface area contributed by atoms with Gasteiger partial charge in [-0.25, -0.2) is 4.68 Å². The smallest absolute Gasteiger partial charge is 0.245 e. The van der Waals surface area contributed by atoms with Crippen LogP contribution in [0.5, 0.6) is 0 Å². The van der Waals surface area contributed by atoms with Gasteiger partial charge in [-0.15, -0.1) is 0 Å². The summed E-state index contributed by atoms with van der Waals surface area (Å²) in [4.78, 5) is 28.4. The minimum Gasteiger partial charge on any atom is -0.333 e. The number of aromatic nitrogens is 2. The zero-order chi connectivity index (χ0) is 24.8. The van der Waals surface area contributed by atoms with Crippen LogP contribution in [0.15, 0.2) is 54.6 Å². The van der Waals surface area contributed by atoms with Crippen LogP contribution < -0.4 is 5.32 Å². The Bertz CT molecular complexity index is 1160. The number of hydrogen-bond acceptors (Lipinski definition) is 3. The molecular formula is C29H36N4O2. The number of para-hydroxylation sites is 1. The van der Waals surface area contributed by atoms with E-state index in [0.29, 0.717) is 12.4 Å². The third kappa shape index (κ3) is 5.64. The molecule has 0 atom stereocenters. The Morgan fingerprint density at radius 3 is 2.37 bits per heavy atom. The number of amides is 2. The summed E-state index contributed by atoms with van der Waals surface area (Å²) in [6.07, 6.45) is 6.07. The lowest BCUT2D eigenvalue weighted by atomic mass is 9.88. The molecular weight excluding hydrogens is 436 g/mol. The molecule has 0 radical (unpaired) electrons. The van der Waals surface area contributed by atoms with Crippen molar-refractivity contribution in [3.63, 3.8) is 0 Å². The fourth-order valence-corrected chi connectivity index (χ4v) is 5.06. The number of anilines is 1. The molecule has 0 saturated heterocycles. The maximum absolute atomic E-state index is 13.4. The first-order chi connectivity index (χ1) is 17.0. The van der Waals surface area contributed by atoms with Crippen LogP contribution in [0.25, 0.3) is 16.8 Å². The highest BCUT2D eigenvalue weighted by Gasteiger charge is 2.28. The summed E-state index contributed by atoms with van der Waals surface area (Å²) >= 11 is 0. The lowest BCUT2D eigenvalue weighted by molar-refractivity contribution is -0.139. The van der Waals surface area contributed by atoms with Crippen molar-refractivity contribution in [2.24, 2.45) is 5.92 Å². The molecule has 1 heterocycles. The van der Waals surface area contributed by atoms with E-state index >= 15 is 0 Å². The number of nitrogens with zero attached hydrogens (tertiary/aromatic N) is 3. The molecule has 0 spiro atoms. The molecule has 1 fully saturated rings. The molecule has 0 bridgehead atoms. The lowest BCUT2D eigenvalue weighted by Gasteiger charge is -2.28. The van der Waals surface area contributed by atoms with E-state index in [4.69, 9.17) is 5.10 Å². The highest BCUT2D eigenvalue weighted by molar-refractivity contribution is 5.98. The number of carbonyl (C=O) groups is 2. The maximum Gasteiger partial charge on any atom is 0.245 e. The van der Waals surface area contributed by atoms with Crippen LogP contribution >= 0.6 is 0 Å². The molecule has 0 unspecified atom stereocenters. The zero-order valence-corrected chi connectivity index (χ0v) is 21.1. The monoisotopic (exact) mass is 472 g/mol. The van der Waals surface area contributed by atoms with E-state index in [1.807, 2.05) is 80.1 Å². The molecule has 1 aromatic heterocycles. The van der Waals surface area contributed by atoms with Gasteiger partial charge >= 0.3 is 0 Å². The molecule has 1 aliphatic carbocycles. The highest BCUT2D eigenvalue weighted by atomic mass is 16.2. The average Bonchev–Trinajstić information content (AvgIpc) is 3.19. The Balaban J connectivity index is 1.65. The van der Waals surface area contributed by atoms with Crippen molar-refractivity contribution in [2.45, 2.75) is 59.3 Å². The van der Waals surface area contributed by atoms with E-state index in [1.54, 1.807) is 4.90 Å². The Morgan fingerprint density at radius 2 is 1.69 bits per heavy atom. The zero-order valence-electron chi connectivity index (χ0n) is 21.1. The van der Waals surface area contributed by atoms with Gasteiger partial charge in [-0.05, 0) is 50.3 Å². The van der Waals surface area contributed by atoms with Crippen LogP contribution in [-0.2, 0) is 9.59 Å². The number of rotatable bonds is 8. The van der Waals surface area contributed by atoms with Gasteiger partial charge in [0.25, 0.3) is 0 Å². The Labute approximate surface area is 208 Å². The summed E-state index contributed by atoms with van der Waals surface area (Å²) in [7, 11) is 0. The molecule has 2 aromatic carbocycles. The molecule has 3 aromatic rings. The van der Waals surface area contributed by atoms with Crippen molar-refractivity contribution < 1.29 is 9.59 Å². The fraction of sp³-hybridized carbons (Fsp3) is 0.414. The summed E-state index contributed by atoms with van der Waals surface area (Å²) in [5.74, 6) is 0.598. The fourth-order valence-electron chi connectivity index (χ4n) is 5.06. The van der Waals surface area contributed by atoms with Gasteiger partial charge in [0, 0.05) is 18.0 Å². The first-order valence-corrected chi connectivity index (χ1v) is 12.8. The van der Waals surface area contributed by atoms with Crippen molar-refractivity contribution in [1.82, 2.24) is 14.7 Å². The van der Waals surface area contributed by atoms with Crippen molar-refractivity contribution in [3.05, 3.63) is 65.9 Å². The van der Waals surface area contributed by atoms with Crippen LogP contribution in [-0.4, -0.2) is 39.6 Å². The normalized spacial score (nSPS) is 14.0. The first kappa shape index (κ1) is 24.7. The van der Waals surface area contributed by atoms with Gasteiger partial charge in [0.05, 0.1) is 17.9 Å². The second-order valence-electron chi connectivity index (χ2n) is 9.52. The molecule has 0 aliphatic heterocycles. The van der Waals surface area contributed by atoms with Gasteiger partial charge in [0.15, 0.2) is 0 Å². The predicted molar refractivity (Wildman–Crippen MR) is 141 cm³/mol. The Kier molecular flexibility index (Phi) is 8.01. The van der Waals surface area contributed by atoms with Crippen molar-refractivity contribution in [3.8, 4) is 16.8 Å². The van der Waals surface area contributed by atoms with Crippen molar-refractivity contribution in [1.29, 1.82) is 0 Å². The van der Waals surface area contributed by atoms with Crippen molar-refractivity contribution in [2.75, 3.05) is 18.4 Å². The second kappa shape index (κ2) is 11.3. The Morgan fingerprint density at radius 1 is 1.00 bits per heavy atom. The van der Waals surface area contributed by atoms with Gasteiger partial charge in [-0.2, -0.15) is 5.10 Å². The topological polar surface area (TPSA) is 67.2 Å². The van der Waals surface area contributed by atoms with E-state index in [2.05, 4.69) is 5.32 Å². The molecule has 1 N–H and O–H groups in total. The largest absolute Gasteiger partial charge is 0.333 e. The molecule has 6 nitrogen and oxygen atoms in total. The number of hydrogen-bond donors (Lipinski definition) is 1. The molecule has 6 heteroatoms. The average molecular weight is 473 g/mol. The molecule has 35 heavy (non-hydrogen) atoms. The van der Waals surface area contributed by atoms with E-state index < -0.39 is 0 Å². The summed E-state index contributed by atoms with van der Waals surface area (Å²) in [6, 6.07) is 18.0. The van der Waals surface area contributed by atoms with Gasteiger partial charge in [-0.3, -0.25) is 9.59 Å². The SMILES string of the molecule is CCCN(CC(=O)Nc1c(-c2ccccc2)c(C)nn1-c1ccccc1C)C(=O)C1CCCCC1. The predicted octanol–water partition coefficient (Wildman–Crippen LogP) is 5.91. The summed E-state index contributed by atoms with van der Waals surface area (Å²) in [6.45, 7) is 6.68. The minimum atomic E-state index is -0.200. The highest BCUT2D eigenvalue weighted by Crippen LogP contribution is 2.34. The molecule has 4 rings (SSSR count). The molecule has 184 valence electrons. The van der Waals surface area contributed by atoms with E-state index in [-0.39, 0.29) is 24.3 Å². The van der Waals surface area contributed by atoms with Gasteiger partial charge in [0.2, 0.25) is 11.8 Å². The minimum absolute atomic E-state index is 0.0442. The standard InChI is InChI=1S/C29H36N4O2/c1-4-19-32(29(35)24-16-9-6-10-17-24)20-26(34)30-28-27(23-14-7-5-8-15-23)22(3)31-33(28)25-18-12-11-13-21(25)2/h5,7-8,11-15,18,24H,4,6,9-10,16-17,19-20H2,1-3H3,(H,30,34). The molecule has 1 aliphatic rings.